The molecule has 0 radical (unpaired) electrons. The predicted molar refractivity (Wildman–Crippen MR) is 47.2 cm³/mol. The summed E-state index contributed by atoms with van der Waals surface area (Å²) in [6, 6.07) is 0. The zero-order chi connectivity index (χ0) is 11.5. The summed E-state index contributed by atoms with van der Waals surface area (Å²) >= 11 is 0. The van der Waals surface area contributed by atoms with Crippen LogP contribution in [0.3, 0.4) is 0 Å². The number of rotatable bonds is 2. The molecule has 0 atom stereocenters. The van der Waals surface area contributed by atoms with Gasteiger partial charge < -0.3 is 4.18 Å². The second-order valence-electron chi connectivity index (χ2n) is 3.33. The molecule has 0 aromatic heterocycles. The van der Waals surface area contributed by atoms with Crippen molar-refractivity contribution in [2.24, 2.45) is 0 Å². The van der Waals surface area contributed by atoms with Crippen molar-refractivity contribution in [2.75, 3.05) is 0 Å². The Balaban J connectivity index is 2.63. The van der Waals surface area contributed by atoms with Crippen LogP contribution >= 0.6 is 0 Å². The van der Waals surface area contributed by atoms with Gasteiger partial charge in [-0.1, -0.05) is 6.42 Å². The molecule has 0 bridgehead atoms. The second-order valence-corrected chi connectivity index (χ2v) is 4.90. The Morgan fingerprint density at radius 3 is 2.13 bits per heavy atom. The lowest BCUT2D eigenvalue weighted by atomic mass is 9.96. The fourth-order valence-electron chi connectivity index (χ4n) is 1.31. The third-order valence-corrected chi connectivity index (χ3v) is 3.04. The third kappa shape index (κ3) is 3.40. The summed E-state index contributed by atoms with van der Waals surface area (Å²) in [6.07, 6.45) is 4.68. The lowest BCUT2D eigenvalue weighted by Gasteiger charge is -2.13. The summed E-state index contributed by atoms with van der Waals surface area (Å²) in [4.78, 5) is 0. The van der Waals surface area contributed by atoms with E-state index in [1.807, 2.05) is 0 Å². The molecule has 0 amide bonds. The van der Waals surface area contributed by atoms with E-state index < -0.39 is 15.6 Å². The molecule has 0 heterocycles. The number of allylic oxidation sites excluding steroid dienone is 1. The van der Waals surface area contributed by atoms with Crippen molar-refractivity contribution < 1.29 is 25.8 Å². The minimum Gasteiger partial charge on any atom is -0.384 e. The first-order valence-corrected chi connectivity index (χ1v) is 5.91. The van der Waals surface area contributed by atoms with Crippen LogP contribution in [0.15, 0.2) is 11.8 Å². The molecule has 0 N–H and O–H groups in total. The Morgan fingerprint density at radius 1 is 1.13 bits per heavy atom. The second kappa shape index (κ2) is 4.42. The highest BCUT2D eigenvalue weighted by Crippen LogP contribution is 2.27. The summed E-state index contributed by atoms with van der Waals surface area (Å²) in [5, 5.41) is 0. The van der Waals surface area contributed by atoms with Crippen LogP contribution in [-0.2, 0) is 14.3 Å². The van der Waals surface area contributed by atoms with E-state index in [0.29, 0.717) is 18.4 Å². The minimum atomic E-state index is -5.47. The van der Waals surface area contributed by atoms with E-state index in [4.69, 9.17) is 0 Å². The standard InChI is InChI=1S/C8H11F3O3S/c9-8(10,11)15(12,13)14-6-7-4-2-1-3-5-7/h6H,1-5H2. The molecule has 0 aromatic rings. The Morgan fingerprint density at radius 2 is 1.67 bits per heavy atom. The molecule has 1 saturated carbocycles. The third-order valence-electron chi connectivity index (χ3n) is 2.12. The molecular formula is C8H11F3O3S. The van der Waals surface area contributed by atoms with Crippen LogP contribution in [-0.4, -0.2) is 13.9 Å². The number of hydrogen-bond acceptors (Lipinski definition) is 3. The first-order valence-electron chi connectivity index (χ1n) is 4.50. The molecule has 7 heteroatoms. The summed E-state index contributed by atoms with van der Waals surface area (Å²) in [5.41, 5.74) is -4.73. The predicted octanol–water partition coefficient (Wildman–Crippen LogP) is 2.70. The van der Waals surface area contributed by atoms with Gasteiger partial charge >= 0.3 is 15.6 Å². The van der Waals surface area contributed by atoms with Crippen LogP contribution in [0.25, 0.3) is 0 Å². The van der Waals surface area contributed by atoms with Crippen LogP contribution in [0.2, 0.25) is 0 Å². The van der Waals surface area contributed by atoms with Crippen molar-refractivity contribution in [3.8, 4) is 0 Å². The maximum absolute atomic E-state index is 11.8. The van der Waals surface area contributed by atoms with Crippen molar-refractivity contribution >= 4 is 10.1 Å². The Hall–Kier alpha value is -0.720. The van der Waals surface area contributed by atoms with Gasteiger partial charge in [0.15, 0.2) is 0 Å². The molecule has 1 aliphatic carbocycles. The molecule has 3 nitrogen and oxygen atoms in total. The van der Waals surface area contributed by atoms with Crippen LogP contribution in [0.1, 0.15) is 32.1 Å². The van der Waals surface area contributed by atoms with E-state index in [0.717, 1.165) is 25.5 Å². The van der Waals surface area contributed by atoms with Gasteiger partial charge in [0.1, 0.15) is 6.26 Å². The first kappa shape index (κ1) is 12.4. The van der Waals surface area contributed by atoms with Crippen LogP contribution in [0, 0.1) is 0 Å². The van der Waals surface area contributed by atoms with Gasteiger partial charge in [-0.05, 0) is 31.3 Å². The average molecular weight is 244 g/mol. The fourth-order valence-corrected chi connectivity index (χ4v) is 1.68. The van der Waals surface area contributed by atoms with E-state index in [1.165, 1.54) is 0 Å². The SMILES string of the molecule is O=S(=O)(OC=C1CCCCC1)C(F)(F)F. The van der Waals surface area contributed by atoms with Crippen LogP contribution < -0.4 is 0 Å². The van der Waals surface area contributed by atoms with Gasteiger partial charge in [-0.15, -0.1) is 0 Å². The summed E-state index contributed by atoms with van der Waals surface area (Å²) < 4.78 is 60.4. The zero-order valence-electron chi connectivity index (χ0n) is 7.88. The zero-order valence-corrected chi connectivity index (χ0v) is 8.70. The number of alkyl halides is 3. The van der Waals surface area contributed by atoms with E-state index in [9.17, 15) is 21.6 Å². The number of hydrogen-bond donors (Lipinski definition) is 0. The largest absolute Gasteiger partial charge is 0.534 e. The highest BCUT2D eigenvalue weighted by atomic mass is 32.2. The summed E-state index contributed by atoms with van der Waals surface area (Å²) in [7, 11) is -5.47. The maximum atomic E-state index is 11.8. The van der Waals surface area contributed by atoms with Crippen LogP contribution in [0.4, 0.5) is 13.2 Å². The topological polar surface area (TPSA) is 43.4 Å². The van der Waals surface area contributed by atoms with Gasteiger partial charge in [0, 0.05) is 0 Å². The Labute approximate surface area is 86.0 Å². The van der Waals surface area contributed by atoms with Crippen LogP contribution in [0.5, 0.6) is 0 Å². The van der Waals surface area contributed by atoms with E-state index >= 15 is 0 Å². The van der Waals surface area contributed by atoms with E-state index in [2.05, 4.69) is 4.18 Å². The van der Waals surface area contributed by atoms with Crippen molar-refractivity contribution in [2.45, 2.75) is 37.6 Å². The first-order chi connectivity index (χ1) is 6.83. The Bertz CT molecular complexity index is 335. The van der Waals surface area contributed by atoms with Gasteiger partial charge in [0.2, 0.25) is 0 Å². The monoisotopic (exact) mass is 244 g/mol. The van der Waals surface area contributed by atoms with Gasteiger partial charge in [-0.3, -0.25) is 0 Å². The van der Waals surface area contributed by atoms with E-state index in [-0.39, 0.29) is 0 Å². The highest BCUT2D eigenvalue weighted by molar-refractivity contribution is 7.87. The van der Waals surface area contributed by atoms with Gasteiger partial charge in [0.05, 0.1) is 0 Å². The van der Waals surface area contributed by atoms with E-state index in [1.54, 1.807) is 0 Å². The van der Waals surface area contributed by atoms with Gasteiger partial charge in [0.25, 0.3) is 0 Å². The van der Waals surface area contributed by atoms with Crippen molar-refractivity contribution in [3.05, 3.63) is 11.8 Å². The molecule has 0 saturated heterocycles. The molecule has 1 fully saturated rings. The molecule has 88 valence electrons. The molecule has 0 aromatic carbocycles. The quantitative estimate of drug-likeness (QED) is 0.426. The summed E-state index contributed by atoms with van der Waals surface area (Å²) in [6.45, 7) is 0. The molecule has 1 rings (SSSR count). The maximum Gasteiger partial charge on any atom is 0.534 e. The average Bonchev–Trinajstić information content (AvgIpc) is 2.15. The van der Waals surface area contributed by atoms with Crippen molar-refractivity contribution in [1.82, 2.24) is 0 Å². The molecule has 0 spiro atoms. The molecular weight excluding hydrogens is 233 g/mol. The fraction of sp³-hybridized carbons (Fsp3) is 0.750. The molecule has 0 aliphatic heterocycles. The molecule has 0 unspecified atom stereocenters. The lowest BCUT2D eigenvalue weighted by Crippen LogP contribution is -2.24. The smallest absolute Gasteiger partial charge is 0.384 e. The minimum absolute atomic E-state index is 0.605. The highest BCUT2D eigenvalue weighted by Gasteiger charge is 2.47. The lowest BCUT2D eigenvalue weighted by molar-refractivity contribution is -0.0515. The Kier molecular flexibility index (Phi) is 3.64. The van der Waals surface area contributed by atoms with Crippen molar-refractivity contribution in [1.29, 1.82) is 0 Å². The van der Waals surface area contributed by atoms with Gasteiger partial charge in [-0.2, -0.15) is 21.6 Å². The normalized spacial score (nSPS) is 18.7. The molecule has 15 heavy (non-hydrogen) atoms. The van der Waals surface area contributed by atoms with Gasteiger partial charge in [-0.25, -0.2) is 0 Å². The van der Waals surface area contributed by atoms with Crippen molar-refractivity contribution in [3.63, 3.8) is 0 Å². The molecule has 1 aliphatic rings. The number of halogens is 3. The summed E-state index contributed by atoms with van der Waals surface area (Å²) in [5.74, 6) is 0.